The Kier molecular flexibility index (Phi) is 5.02. The van der Waals surface area contributed by atoms with Crippen molar-refractivity contribution in [3.63, 3.8) is 0 Å². The molecule has 0 radical (unpaired) electrons. The Balaban J connectivity index is 1.68. The number of carbonyl (C=O) groups is 1. The molecule has 0 saturated carbocycles. The number of hydrogen-bond acceptors (Lipinski definition) is 7. The van der Waals surface area contributed by atoms with Crippen LogP contribution in [0, 0.1) is 6.92 Å². The molecule has 10 heteroatoms. The highest BCUT2D eigenvalue weighted by atomic mass is 32.1. The van der Waals surface area contributed by atoms with E-state index in [9.17, 15) is 9.90 Å². The quantitative estimate of drug-likeness (QED) is 0.510. The maximum absolute atomic E-state index is 11.6. The van der Waals surface area contributed by atoms with E-state index in [-0.39, 0.29) is 18.3 Å². The minimum atomic E-state index is -1.04. The Bertz CT molecular complexity index is 1200. The summed E-state index contributed by atoms with van der Waals surface area (Å²) >= 11 is 1.60. The highest BCUT2D eigenvalue weighted by Crippen LogP contribution is 2.28. The Morgan fingerprint density at radius 2 is 2.03 bits per heavy atom. The lowest BCUT2D eigenvalue weighted by atomic mass is 10.1. The van der Waals surface area contributed by atoms with Gasteiger partial charge < -0.3 is 9.63 Å². The normalized spacial score (nSPS) is 11.9. The fourth-order valence-corrected chi connectivity index (χ4v) is 3.79. The van der Waals surface area contributed by atoms with Crippen molar-refractivity contribution in [2.24, 2.45) is 0 Å². The van der Waals surface area contributed by atoms with Crippen LogP contribution in [0.15, 0.2) is 34.2 Å². The lowest BCUT2D eigenvalue weighted by molar-refractivity contribution is 0.0932. The zero-order chi connectivity index (χ0) is 21.5. The second-order valence-corrected chi connectivity index (χ2v) is 9.00. The zero-order valence-corrected chi connectivity index (χ0v) is 18.0. The molecule has 9 nitrogen and oxygen atoms in total. The van der Waals surface area contributed by atoms with Crippen LogP contribution in [-0.4, -0.2) is 46.5 Å². The van der Waals surface area contributed by atoms with Crippen LogP contribution in [-0.2, 0) is 13.1 Å². The Labute approximate surface area is 177 Å². The van der Waals surface area contributed by atoms with E-state index in [1.54, 1.807) is 11.3 Å². The largest absolute Gasteiger partial charge is 0.465 e. The predicted octanol–water partition coefficient (Wildman–Crippen LogP) is 4.18. The van der Waals surface area contributed by atoms with Gasteiger partial charge in [0.25, 0.3) is 5.89 Å². The van der Waals surface area contributed by atoms with Crippen molar-refractivity contribution < 1.29 is 14.4 Å². The molecule has 0 fully saturated rings. The van der Waals surface area contributed by atoms with Crippen molar-refractivity contribution in [1.82, 2.24) is 29.8 Å². The van der Waals surface area contributed by atoms with E-state index in [1.807, 2.05) is 62.0 Å². The van der Waals surface area contributed by atoms with Gasteiger partial charge in [-0.25, -0.2) is 9.78 Å². The summed E-state index contributed by atoms with van der Waals surface area (Å²) in [6.45, 7) is 7.98. The average molecular weight is 427 g/mol. The smallest absolute Gasteiger partial charge is 0.408 e. The molecule has 1 amide bonds. The molecule has 0 spiro atoms. The van der Waals surface area contributed by atoms with E-state index >= 15 is 0 Å². The molecule has 4 aromatic rings. The molecule has 0 aliphatic rings. The molecular formula is C20H22N6O3S. The van der Waals surface area contributed by atoms with Gasteiger partial charge in [0, 0.05) is 16.3 Å². The highest BCUT2D eigenvalue weighted by molar-refractivity contribution is 7.09. The third-order valence-electron chi connectivity index (χ3n) is 4.65. The van der Waals surface area contributed by atoms with Crippen molar-refractivity contribution in [2.45, 2.75) is 46.3 Å². The van der Waals surface area contributed by atoms with E-state index in [1.165, 1.54) is 4.90 Å². The zero-order valence-electron chi connectivity index (χ0n) is 17.2. The maximum atomic E-state index is 11.6. The van der Waals surface area contributed by atoms with Crippen molar-refractivity contribution in [1.29, 1.82) is 0 Å². The van der Waals surface area contributed by atoms with Crippen molar-refractivity contribution in [3.05, 3.63) is 46.2 Å². The SMILES string of the molecule is Cc1nc(Cn2nc(-c3nc(CN(C(=O)O)C(C)(C)C)no3)c3ccccc32)cs1. The molecule has 0 atom stereocenters. The Morgan fingerprint density at radius 1 is 1.27 bits per heavy atom. The van der Waals surface area contributed by atoms with Gasteiger partial charge in [-0.15, -0.1) is 11.3 Å². The molecule has 0 unspecified atom stereocenters. The van der Waals surface area contributed by atoms with Gasteiger partial charge in [-0.3, -0.25) is 9.58 Å². The summed E-state index contributed by atoms with van der Waals surface area (Å²) in [5.74, 6) is 0.546. The molecule has 1 N–H and O–H groups in total. The number of benzene rings is 1. The number of fused-ring (bicyclic) bond motifs is 1. The van der Waals surface area contributed by atoms with Crippen LogP contribution in [0.5, 0.6) is 0 Å². The number of aryl methyl sites for hydroxylation is 1. The number of thiazole rings is 1. The van der Waals surface area contributed by atoms with Gasteiger partial charge >= 0.3 is 6.09 Å². The second-order valence-electron chi connectivity index (χ2n) is 7.94. The van der Waals surface area contributed by atoms with E-state index in [0.717, 1.165) is 21.6 Å². The van der Waals surface area contributed by atoms with Gasteiger partial charge in [0.2, 0.25) is 0 Å². The van der Waals surface area contributed by atoms with Gasteiger partial charge in [0.05, 0.1) is 29.3 Å². The molecule has 3 heterocycles. The molecule has 156 valence electrons. The predicted molar refractivity (Wildman–Crippen MR) is 112 cm³/mol. The fraction of sp³-hybridized carbons (Fsp3) is 0.350. The summed E-state index contributed by atoms with van der Waals surface area (Å²) < 4.78 is 7.31. The fourth-order valence-electron chi connectivity index (χ4n) is 3.19. The number of hydrogen-bond donors (Lipinski definition) is 1. The number of para-hydroxylation sites is 1. The lowest BCUT2D eigenvalue weighted by Gasteiger charge is -2.31. The minimum absolute atomic E-state index is 0.0269. The third-order valence-corrected chi connectivity index (χ3v) is 5.47. The first-order chi connectivity index (χ1) is 14.2. The summed E-state index contributed by atoms with van der Waals surface area (Å²) in [6.07, 6.45) is -1.04. The minimum Gasteiger partial charge on any atom is -0.465 e. The Morgan fingerprint density at radius 3 is 2.70 bits per heavy atom. The van der Waals surface area contributed by atoms with E-state index in [0.29, 0.717) is 12.2 Å². The van der Waals surface area contributed by atoms with Crippen molar-refractivity contribution >= 4 is 28.3 Å². The molecule has 0 aliphatic heterocycles. The monoisotopic (exact) mass is 426 g/mol. The van der Waals surface area contributed by atoms with Gasteiger partial charge in [-0.2, -0.15) is 10.1 Å². The van der Waals surface area contributed by atoms with E-state index < -0.39 is 11.6 Å². The van der Waals surface area contributed by atoms with Crippen molar-refractivity contribution in [2.75, 3.05) is 0 Å². The molecule has 3 aromatic heterocycles. The number of nitrogens with zero attached hydrogens (tertiary/aromatic N) is 6. The average Bonchev–Trinajstić information content (AvgIpc) is 3.38. The summed E-state index contributed by atoms with van der Waals surface area (Å²) in [7, 11) is 0. The van der Waals surface area contributed by atoms with Crippen molar-refractivity contribution in [3.8, 4) is 11.6 Å². The van der Waals surface area contributed by atoms with Gasteiger partial charge in [-0.1, -0.05) is 23.4 Å². The van der Waals surface area contributed by atoms with Gasteiger partial charge in [0.15, 0.2) is 11.5 Å². The first kappa shape index (κ1) is 20.0. The maximum Gasteiger partial charge on any atom is 0.408 e. The Hall–Kier alpha value is -3.27. The number of carboxylic acid groups (broad SMARTS) is 1. The lowest BCUT2D eigenvalue weighted by Crippen LogP contribution is -2.44. The van der Waals surface area contributed by atoms with Gasteiger partial charge in [-0.05, 0) is 33.8 Å². The van der Waals surface area contributed by atoms with Crippen LogP contribution in [0.2, 0.25) is 0 Å². The van der Waals surface area contributed by atoms with E-state index in [2.05, 4.69) is 15.1 Å². The highest BCUT2D eigenvalue weighted by Gasteiger charge is 2.28. The van der Waals surface area contributed by atoms with Crippen LogP contribution in [0.4, 0.5) is 4.79 Å². The second kappa shape index (κ2) is 7.52. The topological polar surface area (TPSA) is 110 Å². The molecule has 0 saturated heterocycles. The number of rotatable bonds is 5. The van der Waals surface area contributed by atoms with Crippen LogP contribution < -0.4 is 0 Å². The first-order valence-electron chi connectivity index (χ1n) is 9.42. The van der Waals surface area contributed by atoms with Gasteiger partial charge in [0.1, 0.15) is 0 Å². The van der Waals surface area contributed by atoms with E-state index in [4.69, 9.17) is 9.62 Å². The summed E-state index contributed by atoms with van der Waals surface area (Å²) in [5.41, 5.74) is 1.84. The van der Waals surface area contributed by atoms with Crippen LogP contribution in [0.3, 0.4) is 0 Å². The molecule has 0 aliphatic carbocycles. The van der Waals surface area contributed by atoms with Crippen LogP contribution in [0.25, 0.3) is 22.5 Å². The standard InChI is InChI=1S/C20H22N6O3S/c1-12-21-13(11-30-12)9-26-15-8-6-5-7-14(15)17(23-26)18-22-16(24-29-18)10-25(19(27)28)20(2,3)4/h5-8,11H,9-10H2,1-4H3,(H,27,28). The number of amides is 1. The van der Waals surface area contributed by atoms with Crippen LogP contribution >= 0.6 is 11.3 Å². The summed E-state index contributed by atoms with van der Waals surface area (Å²) in [4.78, 5) is 21.8. The van der Waals surface area contributed by atoms with Crippen LogP contribution in [0.1, 0.15) is 37.3 Å². The molecule has 0 bridgehead atoms. The molecule has 4 rings (SSSR count). The third kappa shape index (κ3) is 3.90. The molecule has 1 aromatic carbocycles. The summed E-state index contributed by atoms with van der Waals surface area (Å²) in [5, 5.41) is 22.1. The molecule has 30 heavy (non-hydrogen) atoms. The number of aromatic nitrogens is 5. The summed E-state index contributed by atoms with van der Waals surface area (Å²) in [6, 6.07) is 7.80. The first-order valence-corrected chi connectivity index (χ1v) is 10.3. The molecular weight excluding hydrogens is 404 g/mol.